The SMILES string of the molecule is COC(=O)c1sccc1NC(=O)CN(C)c1ccc(F)cc1. The van der Waals surface area contributed by atoms with E-state index in [-0.39, 0.29) is 18.3 Å². The van der Waals surface area contributed by atoms with Gasteiger partial charge in [-0.15, -0.1) is 11.3 Å². The number of nitrogens with zero attached hydrogens (tertiary/aromatic N) is 1. The van der Waals surface area contributed by atoms with Crippen LogP contribution in [0.3, 0.4) is 0 Å². The van der Waals surface area contributed by atoms with Crippen molar-refractivity contribution in [2.45, 2.75) is 0 Å². The maximum atomic E-state index is 12.9. The third-order valence-electron chi connectivity index (χ3n) is 2.96. The Kier molecular flexibility index (Phi) is 5.11. The first-order valence-corrected chi connectivity index (χ1v) is 7.31. The first-order chi connectivity index (χ1) is 10.5. The molecule has 1 N–H and O–H groups in total. The van der Waals surface area contributed by atoms with E-state index in [1.165, 1.54) is 30.6 Å². The van der Waals surface area contributed by atoms with Crippen molar-refractivity contribution < 1.29 is 18.7 Å². The number of thiophene rings is 1. The predicted molar refractivity (Wildman–Crippen MR) is 84.0 cm³/mol. The number of carbonyl (C=O) groups excluding carboxylic acids is 2. The van der Waals surface area contributed by atoms with Gasteiger partial charge >= 0.3 is 5.97 Å². The fourth-order valence-electron chi connectivity index (χ4n) is 1.85. The summed E-state index contributed by atoms with van der Waals surface area (Å²) in [6.45, 7) is 0.0715. The van der Waals surface area contributed by atoms with Gasteiger partial charge in [0.15, 0.2) is 0 Å². The molecule has 0 aliphatic rings. The van der Waals surface area contributed by atoms with Gasteiger partial charge in [0.05, 0.1) is 19.3 Å². The van der Waals surface area contributed by atoms with Gasteiger partial charge in [-0.2, -0.15) is 0 Å². The second kappa shape index (κ2) is 7.04. The summed E-state index contributed by atoms with van der Waals surface area (Å²) in [6.07, 6.45) is 0. The molecule has 0 aliphatic carbocycles. The van der Waals surface area contributed by atoms with Crippen LogP contribution in [0.15, 0.2) is 35.7 Å². The third-order valence-corrected chi connectivity index (χ3v) is 3.85. The molecule has 22 heavy (non-hydrogen) atoms. The molecule has 1 aromatic heterocycles. The van der Waals surface area contributed by atoms with Gasteiger partial charge in [0, 0.05) is 12.7 Å². The van der Waals surface area contributed by atoms with Crippen LogP contribution in [0.4, 0.5) is 15.8 Å². The van der Waals surface area contributed by atoms with E-state index in [1.807, 2.05) is 0 Å². The molecule has 0 saturated carbocycles. The number of amides is 1. The molecule has 2 rings (SSSR count). The lowest BCUT2D eigenvalue weighted by molar-refractivity contribution is -0.114. The van der Waals surface area contributed by atoms with Crippen LogP contribution in [-0.4, -0.2) is 32.6 Å². The summed E-state index contributed by atoms with van der Waals surface area (Å²) in [5, 5.41) is 4.37. The van der Waals surface area contributed by atoms with Crippen LogP contribution in [0.1, 0.15) is 9.67 Å². The number of rotatable bonds is 5. The quantitative estimate of drug-likeness (QED) is 0.860. The Hall–Kier alpha value is -2.41. The molecule has 116 valence electrons. The molecule has 0 saturated heterocycles. The largest absolute Gasteiger partial charge is 0.465 e. The number of benzene rings is 1. The summed E-state index contributed by atoms with van der Waals surface area (Å²) in [5.41, 5.74) is 1.14. The van der Waals surface area contributed by atoms with Crippen LogP contribution in [0.2, 0.25) is 0 Å². The Bertz CT molecular complexity index is 670. The van der Waals surface area contributed by atoms with Crippen molar-refractivity contribution in [1.82, 2.24) is 0 Å². The molecule has 0 bridgehead atoms. The average Bonchev–Trinajstić information content (AvgIpc) is 2.95. The molecule has 0 unspecified atom stereocenters. The van der Waals surface area contributed by atoms with Gasteiger partial charge in [-0.3, -0.25) is 4.79 Å². The number of carbonyl (C=O) groups is 2. The molecule has 0 aliphatic heterocycles. The second-order valence-electron chi connectivity index (χ2n) is 4.54. The first kappa shape index (κ1) is 16.0. The Labute approximate surface area is 131 Å². The highest BCUT2D eigenvalue weighted by Crippen LogP contribution is 2.23. The second-order valence-corrected chi connectivity index (χ2v) is 5.45. The van der Waals surface area contributed by atoms with Gasteiger partial charge in [-0.25, -0.2) is 9.18 Å². The number of esters is 1. The van der Waals surface area contributed by atoms with E-state index in [9.17, 15) is 14.0 Å². The smallest absolute Gasteiger partial charge is 0.350 e. The number of hydrogen-bond acceptors (Lipinski definition) is 5. The van der Waals surface area contributed by atoms with Crippen LogP contribution in [-0.2, 0) is 9.53 Å². The molecular formula is C15H15FN2O3S. The topological polar surface area (TPSA) is 58.6 Å². The molecule has 0 spiro atoms. The zero-order chi connectivity index (χ0) is 16.1. The Morgan fingerprint density at radius 3 is 2.59 bits per heavy atom. The minimum atomic E-state index is -0.489. The Morgan fingerprint density at radius 1 is 1.27 bits per heavy atom. The van der Waals surface area contributed by atoms with Crippen LogP contribution in [0, 0.1) is 5.82 Å². The minimum absolute atomic E-state index is 0.0715. The van der Waals surface area contributed by atoms with E-state index < -0.39 is 5.97 Å². The van der Waals surface area contributed by atoms with Crippen LogP contribution in [0.25, 0.3) is 0 Å². The lowest BCUT2D eigenvalue weighted by Crippen LogP contribution is -2.30. The molecule has 0 atom stereocenters. The molecule has 1 heterocycles. The van der Waals surface area contributed by atoms with Crippen molar-refractivity contribution in [3.63, 3.8) is 0 Å². The van der Waals surface area contributed by atoms with Crippen molar-refractivity contribution in [2.24, 2.45) is 0 Å². The molecule has 5 nitrogen and oxygen atoms in total. The summed E-state index contributed by atoms with van der Waals surface area (Å²) in [6, 6.07) is 7.49. The Balaban J connectivity index is 2.00. The molecule has 2 aromatic rings. The standard InChI is InChI=1S/C15H15FN2O3S/c1-18(11-5-3-10(16)4-6-11)9-13(19)17-12-7-8-22-14(12)15(20)21-2/h3-8H,9H2,1-2H3,(H,17,19). The van der Waals surface area contributed by atoms with E-state index in [1.54, 1.807) is 35.5 Å². The third kappa shape index (κ3) is 3.82. The minimum Gasteiger partial charge on any atom is -0.465 e. The van der Waals surface area contributed by atoms with Crippen LogP contribution >= 0.6 is 11.3 Å². The maximum Gasteiger partial charge on any atom is 0.350 e. The van der Waals surface area contributed by atoms with Crippen LogP contribution < -0.4 is 10.2 Å². The number of nitrogens with one attached hydrogen (secondary N) is 1. The lowest BCUT2D eigenvalue weighted by atomic mass is 10.3. The summed E-state index contributed by atoms with van der Waals surface area (Å²) >= 11 is 1.20. The Morgan fingerprint density at radius 2 is 1.95 bits per heavy atom. The highest BCUT2D eigenvalue weighted by molar-refractivity contribution is 7.12. The van der Waals surface area contributed by atoms with Crippen molar-refractivity contribution >= 4 is 34.6 Å². The van der Waals surface area contributed by atoms with Gasteiger partial charge in [-0.1, -0.05) is 0 Å². The highest BCUT2D eigenvalue weighted by atomic mass is 32.1. The number of methoxy groups -OCH3 is 1. The zero-order valence-electron chi connectivity index (χ0n) is 12.1. The summed E-state index contributed by atoms with van der Waals surface area (Å²) in [4.78, 5) is 25.6. The molecule has 1 amide bonds. The molecule has 0 fully saturated rings. The summed E-state index contributed by atoms with van der Waals surface area (Å²) in [7, 11) is 3.01. The number of likely N-dealkylation sites (N-methyl/N-ethyl adjacent to an activating group) is 1. The predicted octanol–water partition coefficient (Wildman–Crippen LogP) is 2.75. The number of anilines is 2. The van der Waals surface area contributed by atoms with Crippen LogP contribution in [0.5, 0.6) is 0 Å². The average molecular weight is 322 g/mol. The van der Waals surface area contributed by atoms with Gasteiger partial charge in [-0.05, 0) is 35.7 Å². The molecule has 7 heteroatoms. The molecule has 1 aromatic carbocycles. The fourth-order valence-corrected chi connectivity index (χ4v) is 2.62. The van der Waals surface area contributed by atoms with Gasteiger partial charge in [0.2, 0.25) is 5.91 Å². The number of hydrogen-bond donors (Lipinski definition) is 1. The summed E-state index contributed by atoms with van der Waals surface area (Å²) in [5.74, 6) is -1.10. The van der Waals surface area contributed by atoms with Crippen molar-refractivity contribution in [2.75, 3.05) is 30.9 Å². The van der Waals surface area contributed by atoms with Gasteiger partial charge in [0.25, 0.3) is 0 Å². The molecular weight excluding hydrogens is 307 g/mol. The van der Waals surface area contributed by atoms with E-state index >= 15 is 0 Å². The van der Waals surface area contributed by atoms with Gasteiger partial charge in [0.1, 0.15) is 10.7 Å². The number of ether oxygens (including phenoxy) is 1. The highest BCUT2D eigenvalue weighted by Gasteiger charge is 2.16. The maximum absolute atomic E-state index is 12.9. The van der Waals surface area contributed by atoms with E-state index in [4.69, 9.17) is 0 Å². The first-order valence-electron chi connectivity index (χ1n) is 6.43. The van der Waals surface area contributed by atoms with E-state index in [2.05, 4.69) is 10.1 Å². The molecule has 0 radical (unpaired) electrons. The monoisotopic (exact) mass is 322 g/mol. The van der Waals surface area contributed by atoms with Gasteiger partial charge < -0.3 is 15.0 Å². The van der Waals surface area contributed by atoms with Crippen molar-refractivity contribution in [3.05, 3.63) is 46.4 Å². The summed E-state index contributed by atoms with van der Waals surface area (Å²) < 4.78 is 17.5. The van der Waals surface area contributed by atoms with E-state index in [0.717, 1.165) is 5.69 Å². The zero-order valence-corrected chi connectivity index (χ0v) is 12.9. The lowest BCUT2D eigenvalue weighted by Gasteiger charge is -2.18. The van der Waals surface area contributed by atoms with Crippen molar-refractivity contribution in [3.8, 4) is 0 Å². The fraction of sp³-hybridized carbons (Fsp3) is 0.200. The van der Waals surface area contributed by atoms with E-state index in [0.29, 0.717) is 10.6 Å². The number of halogens is 1. The van der Waals surface area contributed by atoms with Crippen molar-refractivity contribution in [1.29, 1.82) is 0 Å². The normalized spacial score (nSPS) is 10.1.